The Morgan fingerprint density at radius 2 is 1.88 bits per heavy atom. The van der Waals surface area contributed by atoms with E-state index in [2.05, 4.69) is 15.4 Å². The lowest BCUT2D eigenvalue weighted by molar-refractivity contribution is -0.384. The van der Waals surface area contributed by atoms with Gasteiger partial charge in [0.05, 0.1) is 32.3 Å². The number of carbonyl (C=O) groups excluding carboxylic acids is 1. The molecule has 0 saturated heterocycles. The van der Waals surface area contributed by atoms with Gasteiger partial charge in [-0.25, -0.2) is 9.67 Å². The van der Waals surface area contributed by atoms with Gasteiger partial charge in [-0.15, -0.1) is 0 Å². The highest BCUT2D eigenvalue weighted by Crippen LogP contribution is 2.39. The Bertz CT molecular complexity index is 1160. The summed E-state index contributed by atoms with van der Waals surface area (Å²) in [6.07, 6.45) is 2.54. The minimum Gasteiger partial charge on any atom is -0.493 e. The summed E-state index contributed by atoms with van der Waals surface area (Å²) in [5.41, 5.74) is 0.173. The van der Waals surface area contributed by atoms with Crippen LogP contribution < -0.4 is 19.5 Å². The first-order chi connectivity index (χ1) is 15.4. The maximum absolute atomic E-state index is 12.8. The molecule has 1 atom stereocenters. The van der Waals surface area contributed by atoms with E-state index in [0.29, 0.717) is 22.8 Å². The zero-order valence-corrected chi connectivity index (χ0v) is 17.3. The van der Waals surface area contributed by atoms with Crippen LogP contribution in [0.25, 0.3) is 5.69 Å². The van der Waals surface area contributed by atoms with Crippen LogP contribution in [0, 0.1) is 21.4 Å². The Hall–Kier alpha value is -4.66. The quantitative estimate of drug-likeness (QED) is 0.411. The molecule has 0 saturated carbocycles. The number of nitro benzene ring substituents is 1. The van der Waals surface area contributed by atoms with Crippen LogP contribution in [-0.4, -0.2) is 46.9 Å². The van der Waals surface area contributed by atoms with Crippen LogP contribution in [0.15, 0.2) is 43.0 Å². The lowest BCUT2D eigenvalue weighted by Gasteiger charge is -2.17. The first-order valence-corrected chi connectivity index (χ1v) is 9.07. The first kappa shape index (κ1) is 22.0. The molecule has 164 valence electrons. The summed E-state index contributed by atoms with van der Waals surface area (Å²) in [7, 11) is 4.30. The number of hydrogen-bond acceptors (Lipinski definition) is 9. The van der Waals surface area contributed by atoms with E-state index in [-0.39, 0.29) is 16.9 Å². The van der Waals surface area contributed by atoms with E-state index in [1.54, 1.807) is 0 Å². The molecule has 1 unspecified atom stereocenters. The molecule has 0 bridgehead atoms. The molecule has 0 fully saturated rings. The van der Waals surface area contributed by atoms with Crippen LogP contribution in [0.4, 0.5) is 5.69 Å². The van der Waals surface area contributed by atoms with Crippen molar-refractivity contribution in [3.05, 3.63) is 64.2 Å². The SMILES string of the molecule is COc1cc(C(C#N)NC(=O)c2ccc(-n3cncn3)c([N+](=O)[O-])c2)cc(OC)c1OC. The number of hydrogen-bond donors (Lipinski definition) is 1. The van der Waals surface area contributed by atoms with Gasteiger partial charge in [-0.2, -0.15) is 10.4 Å². The van der Waals surface area contributed by atoms with Crippen LogP contribution in [0.1, 0.15) is 22.0 Å². The van der Waals surface area contributed by atoms with Gasteiger partial charge < -0.3 is 19.5 Å². The molecule has 3 aromatic rings. The number of nitrogens with zero attached hydrogens (tertiary/aromatic N) is 5. The van der Waals surface area contributed by atoms with Gasteiger partial charge >= 0.3 is 0 Å². The molecule has 2 aromatic carbocycles. The number of carbonyl (C=O) groups is 1. The lowest BCUT2D eigenvalue weighted by Crippen LogP contribution is -2.27. The van der Waals surface area contributed by atoms with E-state index in [0.717, 1.165) is 6.07 Å². The zero-order chi connectivity index (χ0) is 23.3. The maximum atomic E-state index is 12.8. The van der Waals surface area contributed by atoms with E-state index in [4.69, 9.17) is 14.2 Å². The van der Waals surface area contributed by atoms with Crippen LogP contribution in [0.2, 0.25) is 0 Å². The van der Waals surface area contributed by atoms with Crippen molar-refractivity contribution in [1.29, 1.82) is 5.26 Å². The van der Waals surface area contributed by atoms with Gasteiger partial charge in [-0.3, -0.25) is 14.9 Å². The minimum atomic E-state index is -1.09. The minimum absolute atomic E-state index is 0.00624. The topological polar surface area (TPSA) is 154 Å². The van der Waals surface area contributed by atoms with Crippen LogP contribution in [0.5, 0.6) is 17.2 Å². The Kier molecular flexibility index (Phi) is 6.50. The van der Waals surface area contributed by atoms with Crippen molar-refractivity contribution < 1.29 is 23.9 Å². The summed E-state index contributed by atoms with van der Waals surface area (Å²) in [6.45, 7) is 0. The van der Waals surface area contributed by atoms with Gasteiger partial charge in [0.25, 0.3) is 11.6 Å². The fraction of sp³-hybridized carbons (Fsp3) is 0.200. The van der Waals surface area contributed by atoms with Crippen molar-refractivity contribution in [2.45, 2.75) is 6.04 Å². The number of methoxy groups -OCH3 is 3. The fourth-order valence-corrected chi connectivity index (χ4v) is 3.01. The summed E-state index contributed by atoms with van der Waals surface area (Å²) >= 11 is 0. The molecule has 0 aliphatic carbocycles. The summed E-state index contributed by atoms with van der Waals surface area (Å²) < 4.78 is 17.0. The summed E-state index contributed by atoms with van der Waals surface area (Å²) in [5, 5.41) is 27.6. The third kappa shape index (κ3) is 4.26. The Morgan fingerprint density at radius 1 is 1.19 bits per heavy atom. The molecule has 32 heavy (non-hydrogen) atoms. The molecular formula is C20H18N6O6. The van der Waals surface area contributed by atoms with Gasteiger partial charge in [-0.1, -0.05) is 0 Å². The van der Waals surface area contributed by atoms with Gasteiger partial charge in [0, 0.05) is 11.6 Å². The van der Waals surface area contributed by atoms with Crippen molar-refractivity contribution in [3.63, 3.8) is 0 Å². The Balaban J connectivity index is 1.93. The third-order valence-electron chi connectivity index (χ3n) is 4.52. The predicted octanol–water partition coefficient (Wildman–Crippen LogP) is 2.20. The lowest BCUT2D eigenvalue weighted by atomic mass is 10.1. The van der Waals surface area contributed by atoms with Gasteiger partial charge in [-0.05, 0) is 29.8 Å². The van der Waals surface area contributed by atoms with Gasteiger partial charge in [0.15, 0.2) is 11.5 Å². The molecule has 12 nitrogen and oxygen atoms in total. The standard InChI is InChI=1S/C20H18N6O6/c1-30-17-7-13(8-18(31-2)19(17)32-3)14(9-21)24-20(27)12-4-5-15(16(6-12)26(28)29)25-11-22-10-23-25/h4-8,10-11,14H,1-3H3,(H,24,27). The molecular weight excluding hydrogens is 420 g/mol. The number of aromatic nitrogens is 3. The van der Waals surface area contributed by atoms with E-state index >= 15 is 0 Å². The van der Waals surface area contributed by atoms with E-state index < -0.39 is 16.9 Å². The second kappa shape index (κ2) is 9.43. The van der Waals surface area contributed by atoms with E-state index in [9.17, 15) is 20.2 Å². The van der Waals surface area contributed by atoms with Crippen LogP contribution >= 0.6 is 0 Å². The van der Waals surface area contributed by atoms with Gasteiger partial charge in [0.2, 0.25) is 5.75 Å². The van der Waals surface area contributed by atoms with Crippen LogP contribution in [-0.2, 0) is 0 Å². The molecule has 0 spiro atoms. The third-order valence-corrected chi connectivity index (χ3v) is 4.52. The van der Waals surface area contributed by atoms with Crippen molar-refractivity contribution in [3.8, 4) is 29.0 Å². The molecule has 0 aliphatic rings. The molecule has 12 heteroatoms. The average molecular weight is 438 g/mol. The second-order valence-electron chi connectivity index (χ2n) is 6.29. The molecule has 0 aliphatic heterocycles. The monoisotopic (exact) mass is 438 g/mol. The normalized spacial score (nSPS) is 11.2. The molecule has 1 heterocycles. The number of nitriles is 1. The highest BCUT2D eigenvalue weighted by Gasteiger charge is 2.23. The number of nitrogens with one attached hydrogen (secondary N) is 1. The highest BCUT2D eigenvalue weighted by atomic mass is 16.6. The zero-order valence-electron chi connectivity index (χ0n) is 17.3. The van der Waals surface area contributed by atoms with Crippen LogP contribution in [0.3, 0.4) is 0 Å². The van der Waals surface area contributed by atoms with Crippen molar-refractivity contribution >= 4 is 11.6 Å². The van der Waals surface area contributed by atoms with Crippen molar-refractivity contribution in [2.75, 3.05) is 21.3 Å². The molecule has 0 radical (unpaired) electrons. The first-order valence-electron chi connectivity index (χ1n) is 9.07. The summed E-state index contributed by atoms with van der Waals surface area (Å²) in [6, 6.07) is 7.84. The second-order valence-corrected chi connectivity index (χ2v) is 6.29. The molecule has 3 rings (SSSR count). The molecule has 1 amide bonds. The predicted molar refractivity (Wildman–Crippen MR) is 110 cm³/mol. The van der Waals surface area contributed by atoms with E-state index in [1.807, 2.05) is 6.07 Å². The number of ether oxygens (including phenoxy) is 3. The maximum Gasteiger partial charge on any atom is 0.295 e. The highest BCUT2D eigenvalue weighted by molar-refractivity contribution is 5.95. The van der Waals surface area contributed by atoms with Crippen molar-refractivity contribution in [2.24, 2.45) is 0 Å². The number of nitro groups is 1. The summed E-state index contributed by atoms with van der Waals surface area (Å²) in [4.78, 5) is 27.4. The largest absolute Gasteiger partial charge is 0.493 e. The van der Waals surface area contributed by atoms with Gasteiger partial charge in [0.1, 0.15) is 24.4 Å². The summed E-state index contributed by atoms with van der Waals surface area (Å²) in [5.74, 6) is 0.271. The fourth-order valence-electron chi connectivity index (χ4n) is 3.01. The average Bonchev–Trinajstić information content (AvgIpc) is 3.35. The smallest absolute Gasteiger partial charge is 0.295 e. The van der Waals surface area contributed by atoms with Crippen molar-refractivity contribution in [1.82, 2.24) is 20.1 Å². The Labute approximate surface area is 182 Å². The molecule has 1 N–H and O–H groups in total. The van der Waals surface area contributed by atoms with E-state index in [1.165, 1.54) is 62.9 Å². The number of benzene rings is 2. The number of amides is 1. The Morgan fingerprint density at radius 3 is 2.38 bits per heavy atom. The number of rotatable bonds is 8. The molecule has 1 aromatic heterocycles.